The standard InChI is InChI=1S/C18H11BN2O2/c22-19(23)10-5-6-13-16(9-10)20-15-8-7-12-11-3-1-2-4-14(11)21-18(12)17(13)15/h1-9,22-23H. The van der Waals surface area contributed by atoms with Crippen LogP contribution in [0.3, 0.4) is 0 Å². The summed E-state index contributed by atoms with van der Waals surface area (Å²) in [6.07, 6.45) is 0. The van der Waals surface area contributed by atoms with Gasteiger partial charge >= 0.3 is 7.12 Å². The Kier molecular flexibility index (Phi) is 2.43. The first-order valence-electron chi connectivity index (χ1n) is 7.43. The van der Waals surface area contributed by atoms with Gasteiger partial charge < -0.3 is 10.0 Å². The van der Waals surface area contributed by atoms with Gasteiger partial charge in [-0.2, -0.15) is 0 Å². The van der Waals surface area contributed by atoms with Crippen molar-refractivity contribution in [2.45, 2.75) is 0 Å². The number of para-hydroxylation sites is 1. The molecule has 0 spiro atoms. The average Bonchev–Trinajstić information content (AvgIpc) is 3.11. The number of fused-ring (bicyclic) bond motifs is 6. The predicted molar refractivity (Wildman–Crippen MR) is 87.4 cm³/mol. The van der Waals surface area contributed by atoms with Gasteiger partial charge in [-0.1, -0.05) is 30.3 Å². The molecule has 3 aromatic rings. The Labute approximate surface area is 131 Å². The van der Waals surface area contributed by atoms with Crippen LogP contribution in [0, 0.1) is 10.4 Å². The first kappa shape index (κ1) is 12.8. The summed E-state index contributed by atoms with van der Waals surface area (Å²) < 4.78 is 0. The molecule has 5 rings (SSSR count). The van der Waals surface area contributed by atoms with E-state index in [4.69, 9.17) is 4.99 Å². The van der Waals surface area contributed by atoms with Crippen molar-refractivity contribution >= 4 is 24.0 Å². The summed E-state index contributed by atoms with van der Waals surface area (Å²) in [6.45, 7) is 0. The van der Waals surface area contributed by atoms with E-state index in [9.17, 15) is 10.0 Å². The number of nitrogens with zero attached hydrogens (tertiary/aromatic N) is 2. The predicted octanol–water partition coefficient (Wildman–Crippen LogP) is 0.850. The average molecular weight is 298 g/mol. The van der Waals surface area contributed by atoms with Crippen molar-refractivity contribution in [3.63, 3.8) is 0 Å². The van der Waals surface area contributed by atoms with Gasteiger partial charge in [0.2, 0.25) is 0 Å². The van der Waals surface area contributed by atoms with E-state index in [1.807, 2.05) is 30.3 Å². The van der Waals surface area contributed by atoms with E-state index < -0.39 is 7.12 Å². The molecule has 108 valence electrons. The summed E-state index contributed by atoms with van der Waals surface area (Å²) >= 11 is 0. The zero-order valence-electron chi connectivity index (χ0n) is 12.1. The maximum Gasteiger partial charge on any atom is 0.488 e. The largest absolute Gasteiger partial charge is 0.488 e. The van der Waals surface area contributed by atoms with Gasteiger partial charge in [0.1, 0.15) is 0 Å². The molecule has 0 radical (unpaired) electrons. The number of rotatable bonds is 1. The molecular formula is C18H11BN2O2. The third-order valence-electron chi connectivity index (χ3n) is 4.41. The molecule has 0 aliphatic carbocycles. The summed E-state index contributed by atoms with van der Waals surface area (Å²) in [5.74, 6) is 0. The molecule has 23 heavy (non-hydrogen) atoms. The van der Waals surface area contributed by atoms with Crippen LogP contribution in [0.1, 0.15) is 0 Å². The molecule has 3 aromatic carbocycles. The number of benzene rings is 3. The van der Waals surface area contributed by atoms with E-state index in [-0.39, 0.29) is 0 Å². The second-order valence-corrected chi connectivity index (χ2v) is 5.75. The molecule has 0 aromatic heterocycles. The van der Waals surface area contributed by atoms with Crippen LogP contribution in [0.2, 0.25) is 0 Å². The van der Waals surface area contributed by atoms with Gasteiger partial charge in [-0.25, -0.2) is 9.98 Å². The Balaban J connectivity index is 1.87. The summed E-state index contributed by atoms with van der Waals surface area (Å²) in [6, 6.07) is 17.5. The van der Waals surface area contributed by atoms with E-state index in [2.05, 4.69) is 17.1 Å². The Morgan fingerprint density at radius 3 is 2.52 bits per heavy atom. The summed E-state index contributed by atoms with van der Waals surface area (Å²) in [5, 5.41) is 22.8. The fraction of sp³-hybridized carbons (Fsp3) is 0. The Morgan fingerprint density at radius 2 is 1.65 bits per heavy atom. The van der Waals surface area contributed by atoms with Crippen molar-refractivity contribution in [3.05, 3.63) is 75.7 Å². The monoisotopic (exact) mass is 298 g/mol. The Hall–Kier alpha value is -2.76. The Bertz CT molecular complexity index is 1200. The molecule has 2 aliphatic heterocycles. The molecule has 0 fully saturated rings. The second kappa shape index (κ2) is 4.38. The van der Waals surface area contributed by atoms with Crippen LogP contribution in [-0.4, -0.2) is 17.2 Å². The Morgan fingerprint density at radius 1 is 0.783 bits per heavy atom. The lowest BCUT2D eigenvalue weighted by molar-refractivity contribution is 0.426. The zero-order valence-corrected chi connectivity index (χ0v) is 12.1. The molecule has 0 unspecified atom stereocenters. The molecule has 2 heterocycles. The van der Waals surface area contributed by atoms with Crippen molar-refractivity contribution in [1.29, 1.82) is 0 Å². The van der Waals surface area contributed by atoms with E-state index in [0.717, 1.165) is 43.7 Å². The topological polar surface area (TPSA) is 65.2 Å². The maximum atomic E-state index is 9.34. The van der Waals surface area contributed by atoms with Crippen LogP contribution in [0.5, 0.6) is 0 Å². The number of hydrogen-bond donors (Lipinski definition) is 2. The van der Waals surface area contributed by atoms with Crippen LogP contribution < -0.4 is 16.2 Å². The van der Waals surface area contributed by atoms with Gasteiger partial charge in [0, 0.05) is 21.6 Å². The molecule has 2 N–H and O–H groups in total. The van der Waals surface area contributed by atoms with Crippen LogP contribution in [0.25, 0.3) is 11.1 Å². The lowest BCUT2D eigenvalue weighted by Crippen LogP contribution is -2.29. The van der Waals surface area contributed by atoms with Gasteiger partial charge in [0.05, 0.1) is 22.1 Å². The SMILES string of the molecule is OB(O)c1ccc2c(c1)N=c1ccc3c(c1-2)N=c1ccccc1=3. The van der Waals surface area contributed by atoms with Gasteiger partial charge in [0.25, 0.3) is 0 Å². The van der Waals surface area contributed by atoms with Gasteiger partial charge in [-0.05, 0) is 29.7 Å². The highest BCUT2D eigenvalue weighted by Gasteiger charge is 2.22. The van der Waals surface area contributed by atoms with E-state index in [1.54, 1.807) is 12.1 Å². The van der Waals surface area contributed by atoms with E-state index in [0.29, 0.717) is 5.46 Å². The molecule has 0 atom stereocenters. The second-order valence-electron chi connectivity index (χ2n) is 5.75. The van der Waals surface area contributed by atoms with Crippen LogP contribution >= 0.6 is 0 Å². The van der Waals surface area contributed by atoms with Gasteiger partial charge in [0.15, 0.2) is 0 Å². The maximum absolute atomic E-state index is 9.34. The quantitative estimate of drug-likeness (QED) is 0.451. The minimum absolute atomic E-state index is 0.442. The lowest BCUT2D eigenvalue weighted by atomic mass is 9.79. The highest BCUT2D eigenvalue weighted by atomic mass is 16.4. The van der Waals surface area contributed by atoms with Crippen LogP contribution in [-0.2, 0) is 0 Å². The zero-order chi connectivity index (χ0) is 15.6. The highest BCUT2D eigenvalue weighted by Crippen LogP contribution is 2.38. The van der Waals surface area contributed by atoms with Gasteiger partial charge in [-0.3, -0.25) is 0 Å². The van der Waals surface area contributed by atoms with E-state index >= 15 is 0 Å². The number of hydrogen-bond acceptors (Lipinski definition) is 4. The van der Waals surface area contributed by atoms with Crippen LogP contribution in [0.4, 0.5) is 11.4 Å². The molecule has 0 saturated carbocycles. The van der Waals surface area contributed by atoms with Crippen LogP contribution in [0.15, 0.2) is 64.6 Å². The molecule has 2 aliphatic rings. The fourth-order valence-electron chi connectivity index (χ4n) is 3.33. The fourth-order valence-corrected chi connectivity index (χ4v) is 3.33. The van der Waals surface area contributed by atoms with Crippen molar-refractivity contribution < 1.29 is 10.0 Å². The van der Waals surface area contributed by atoms with Crippen molar-refractivity contribution in [2.75, 3.05) is 0 Å². The molecule has 4 nitrogen and oxygen atoms in total. The summed E-state index contributed by atoms with van der Waals surface area (Å²) in [4.78, 5) is 9.40. The lowest BCUT2D eigenvalue weighted by Gasteiger charge is -2.05. The van der Waals surface area contributed by atoms with Crippen molar-refractivity contribution in [1.82, 2.24) is 0 Å². The molecule has 5 heteroatoms. The molecular weight excluding hydrogens is 287 g/mol. The third-order valence-corrected chi connectivity index (χ3v) is 4.41. The minimum Gasteiger partial charge on any atom is -0.423 e. The third kappa shape index (κ3) is 1.69. The first-order valence-corrected chi connectivity index (χ1v) is 7.43. The normalized spacial score (nSPS) is 12.6. The summed E-state index contributed by atoms with van der Waals surface area (Å²) in [5.41, 5.74) is 4.15. The van der Waals surface area contributed by atoms with E-state index in [1.165, 1.54) is 0 Å². The van der Waals surface area contributed by atoms with Crippen molar-refractivity contribution in [2.24, 2.45) is 9.98 Å². The molecule has 0 bridgehead atoms. The highest BCUT2D eigenvalue weighted by molar-refractivity contribution is 6.58. The van der Waals surface area contributed by atoms with Gasteiger partial charge in [-0.15, -0.1) is 0 Å². The minimum atomic E-state index is -1.49. The first-order chi connectivity index (χ1) is 11.2. The smallest absolute Gasteiger partial charge is 0.423 e. The summed E-state index contributed by atoms with van der Waals surface area (Å²) in [7, 11) is -1.49. The molecule has 0 amide bonds. The van der Waals surface area contributed by atoms with Crippen molar-refractivity contribution in [3.8, 4) is 11.1 Å². The molecule has 0 saturated heterocycles.